The third-order valence-electron chi connectivity index (χ3n) is 4.76. The zero-order valence-corrected chi connectivity index (χ0v) is 19.5. The van der Waals surface area contributed by atoms with Crippen LogP contribution in [0.5, 0.6) is 17.2 Å². The standard InChI is InChI=1S/C22H22N2O7S2/c1-15-3-9-20(29-2)19(13-15)24-32(25,26)17-6-4-16(5-7-17)23-33(27,28)18-8-10-21-22(14-18)31-12-11-30-21/h3-10,13-14H,11-12H2,1-2H3,(H2-,24,25,26,27,28)/p+1. The molecule has 0 fully saturated rings. The Morgan fingerprint density at radius 1 is 1.00 bits per heavy atom. The molecule has 0 aromatic heterocycles. The van der Waals surface area contributed by atoms with Crippen molar-refractivity contribution >= 4 is 36.6 Å². The van der Waals surface area contributed by atoms with Crippen LogP contribution in [0.15, 0.2) is 74.4 Å². The van der Waals surface area contributed by atoms with Crippen molar-refractivity contribution in [2.75, 3.05) is 20.3 Å². The average Bonchev–Trinajstić information content (AvgIpc) is 2.79. The van der Waals surface area contributed by atoms with E-state index in [-0.39, 0.29) is 15.5 Å². The maximum absolute atomic E-state index is 12.8. The fraction of sp³-hybridized carbons (Fsp3) is 0.182. The predicted octanol–water partition coefficient (Wildman–Crippen LogP) is 4.38. The minimum Gasteiger partial charge on any atom is -0.494 e. The Labute approximate surface area is 193 Å². The molecule has 1 atom stereocenters. The molecule has 0 radical (unpaired) electrons. The van der Waals surface area contributed by atoms with E-state index < -0.39 is 20.4 Å². The molecule has 3 N–H and O–H groups in total. The highest BCUT2D eigenvalue weighted by atomic mass is 32.3. The second kappa shape index (κ2) is 9.12. The van der Waals surface area contributed by atoms with E-state index >= 15 is 0 Å². The Hall–Kier alpha value is -2.96. The molecule has 0 bridgehead atoms. The van der Waals surface area contributed by atoms with Crippen molar-refractivity contribution in [3.63, 3.8) is 0 Å². The van der Waals surface area contributed by atoms with Gasteiger partial charge in [-0.3, -0.25) is 0 Å². The fourth-order valence-electron chi connectivity index (χ4n) is 3.14. The van der Waals surface area contributed by atoms with Gasteiger partial charge in [-0.05, 0) is 63.6 Å². The summed E-state index contributed by atoms with van der Waals surface area (Å²) in [5.41, 5.74) is 1.38. The van der Waals surface area contributed by atoms with Crippen LogP contribution in [0, 0.1) is 6.92 Å². The van der Waals surface area contributed by atoms with E-state index in [2.05, 4.69) is 8.76 Å². The van der Waals surface area contributed by atoms with E-state index in [1.807, 2.05) is 13.0 Å². The Bertz CT molecular complexity index is 1340. The summed E-state index contributed by atoms with van der Waals surface area (Å²) in [5, 5.41) is 0. The molecular weight excluding hydrogens is 468 g/mol. The van der Waals surface area contributed by atoms with Crippen LogP contribution < -0.4 is 14.2 Å². The van der Waals surface area contributed by atoms with E-state index in [0.29, 0.717) is 36.1 Å². The zero-order chi connectivity index (χ0) is 23.6. The maximum Gasteiger partial charge on any atom is 0.371 e. The average molecular weight is 492 g/mol. The Morgan fingerprint density at radius 3 is 2.39 bits per heavy atom. The van der Waals surface area contributed by atoms with E-state index in [1.165, 1.54) is 43.5 Å². The van der Waals surface area contributed by atoms with E-state index in [1.54, 1.807) is 18.2 Å². The Kier molecular flexibility index (Phi) is 6.41. The molecule has 4 rings (SSSR count). The van der Waals surface area contributed by atoms with Crippen LogP contribution in [-0.4, -0.2) is 44.6 Å². The predicted molar refractivity (Wildman–Crippen MR) is 130 cm³/mol. The number of hydrogen-bond donors (Lipinski definition) is 3. The summed E-state index contributed by atoms with van der Waals surface area (Å²) in [6.07, 6.45) is 5.64. The minimum atomic E-state index is -3.78. The summed E-state index contributed by atoms with van der Waals surface area (Å²) < 4.78 is 68.7. The molecule has 0 spiro atoms. The van der Waals surface area contributed by atoms with Gasteiger partial charge in [0.2, 0.25) is 4.90 Å². The van der Waals surface area contributed by atoms with Gasteiger partial charge in [-0.1, -0.05) is 6.07 Å². The van der Waals surface area contributed by atoms with Gasteiger partial charge in [-0.2, -0.15) is 8.92 Å². The van der Waals surface area contributed by atoms with Gasteiger partial charge in [0, 0.05) is 12.1 Å². The van der Waals surface area contributed by atoms with Gasteiger partial charge in [0.15, 0.2) is 11.5 Å². The van der Waals surface area contributed by atoms with Gasteiger partial charge >= 0.3 is 10.4 Å². The van der Waals surface area contributed by atoms with E-state index in [4.69, 9.17) is 14.2 Å². The van der Waals surface area contributed by atoms with Crippen LogP contribution in [0.4, 0.5) is 5.69 Å². The molecule has 174 valence electrons. The van der Waals surface area contributed by atoms with Crippen molar-refractivity contribution in [2.24, 2.45) is 8.76 Å². The summed E-state index contributed by atoms with van der Waals surface area (Å²) in [5.74, 6) is 1.29. The Morgan fingerprint density at radius 2 is 1.70 bits per heavy atom. The molecule has 33 heavy (non-hydrogen) atoms. The van der Waals surface area contributed by atoms with E-state index in [0.717, 1.165) is 5.56 Å². The fourth-order valence-corrected chi connectivity index (χ4v) is 5.18. The lowest BCUT2D eigenvalue weighted by Gasteiger charge is -2.17. The molecule has 1 unspecified atom stereocenters. The summed E-state index contributed by atoms with van der Waals surface area (Å²) in [7, 11) is -5.85. The number of allylic oxidation sites excluding steroid dienone is 4. The number of rotatable bonds is 4. The molecule has 2 aromatic carbocycles. The summed E-state index contributed by atoms with van der Waals surface area (Å²) in [6, 6.07) is 9.66. The molecule has 9 nitrogen and oxygen atoms in total. The number of benzene rings is 2. The summed E-state index contributed by atoms with van der Waals surface area (Å²) in [4.78, 5) is 0.204. The van der Waals surface area contributed by atoms with Crippen molar-refractivity contribution in [3.05, 3.63) is 66.3 Å². The van der Waals surface area contributed by atoms with Crippen LogP contribution in [0.3, 0.4) is 0 Å². The number of fused-ring (bicyclic) bond motifs is 1. The Balaban J connectivity index is 1.64. The molecule has 0 amide bonds. The van der Waals surface area contributed by atoms with Crippen LogP contribution >= 0.6 is 0 Å². The third kappa shape index (κ3) is 5.18. The van der Waals surface area contributed by atoms with Gasteiger partial charge in [0.05, 0.1) is 12.0 Å². The highest BCUT2D eigenvalue weighted by Gasteiger charge is 2.31. The smallest absolute Gasteiger partial charge is 0.371 e. The molecule has 2 aliphatic rings. The third-order valence-corrected chi connectivity index (χ3v) is 7.44. The first-order chi connectivity index (χ1) is 15.7. The lowest BCUT2D eigenvalue weighted by molar-refractivity contribution is 0.171. The lowest BCUT2D eigenvalue weighted by Crippen LogP contribution is -2.17. The normalized spacial score (nSPS) is 16.9. The first-order valence-electron chi connectivity index (χ1n) is 9.83. The highest BCUT2D eigenvalue weighted by molar-refractivity contribution is 7.96. The van der Waals surface area contributed by atoms with Gasteiger partial charge in [0.25, 0.3) is 0 Å². The van der Waals surface area contributed by atoms with Crippen molar-refractivity contribution < 1.29 is 32.1 Å². The summed E-state index contributed by atoms with van der Waals surface area (Å²) >= 11 is 0. The van der Waals surface area contributed by atoms with Crippen molar-refractivity contribution in [1.29, 1.82) is 0 Å². The largest absolute Gasteiger partial charge is 0.494 e. The number of hydrogen-bond acceptors (Lipinski definition) is 5. The topological polar surface area (TPSA) is 130 Å². The SMILES string of the molecule is COc1ccc(C)cc1N=S(O)(O)=C1C=CC(=N[S+](=O)(O)c2ccc3c(c2)OCCO3)C=C1. The number of aryl methyl sites for hydroxylation is 1. The van der Waals surface area contributed by atoms with Crippen LogP contribution in [0.25, 0.3) is 0 Å². The monoisotopic (exact) mass is 491 g/mol. The second-order valence-corrected chi connectivity index (χ2v) is 10.5. The summed E-state index contributed by atoms with van der Waals surface area (Å²) in [6.45, 7) is 2.63. The first kappa shape index (κ1) is 23.2. The maximum atomic E-state index is 12.8. The van der Waals surface area contributed by atoms with Crippen LogP contribution in [-0.2, 0) is 24.6 Å². The van der Waals surface area contributed by atoms with E-state index in [9.17, 15) is 17.9 Å². The van der Waals surface area contributed by atoms with Crippen molar-refractivity contribution in [3.8, 4) is 17.2 Å². The van der Waals surface area contributed by atoms with Crippen molar-refractivity contribution in [2.45, 2.75) is 11.8 Å². The second-order valence-electron chi connectivity index (χ2n) is 7.17. The van der Waals surface area contributed by atoms with Crippen LogP contribution in [0.2, 0.25) is 0 Å². The molecular formula is C22H23N2O7S2+. The zero-order valence-electron chi connectivity index (χ0n) is 17.9. The van der Waals surface area contributed by atoms with Gasteiger partial charge in [0.1, 0.15) is 40.3 Å². The molecule has 1 aliphatic heterocycles. The number of ether oxygens (including phenoxy) is 3. The quantitative estimate of drug-likeness (QED) is 0.427. The van der Waals surface area contributed by atoms with Crippen molar-refractivity contribution in [1.82, 2.24) is 0 Å². The molecule has 11 heteroatoms. The minimum absolute atomic E-state index is 0.0710. The molecule has 0 saturated heterocycles. The van der Waals surface area contributed by atoms with Gasteiger partial charge in [-0.25, -0.2) is 0 Å². The number of methoxy groups -OCH3 is 1. The lowest BCUT2D eigenvalue weighted by atomic mass is 10.2. The molecule has 1 heterocycles. The van der Waals surface area contributed by atoms with Crippen LogP contribution in [0.1, 0.15) is 5.56 Å². The molecule has 2 aromatic rings. The van der Waals surface area contributed by atoms with Gasteiger partial charge < -0.3 is 23.3 Å². The highest BCUT2D eigenvalue weighted by Crippen LogP contribution is 2.34. The molecule has 1 aliphatic carbocycles. The van der Waals surface area contributed by atoms with Gasteiger partial charge in [-0.15, -0.1) is 0 Å². The number of nitrogens with zero attached hydrogens (tertiary/aromatic N) is 2. The first-order valence-corrected chi connectivity index (χ1v) is 12.8. The molecule has 0 saturated carbocycles.